The molecule has 0 saturated carbocycles. The molecule has 0 bridgehead atoms. The lowest BCUT2D eigenvalue weighted by Crippen LogP contribution is -2.13. The normalized spacial score (nSPS) is 11.1. The highest BCUT2D eigenvalue weighted by molar-refractivity contribution is 6.03. The first-order valence-electron chi connectivity index (χ1n) is 8.18. The van der Waals surface area contributed by atoms with Crippen molar-refractivity contribution in [2.24, 2.45) is 14.1 Å². The molecular formula is C18H22N6O. The van der Waals surface area contributed by atoms with Crippen LogP contribution in [0, 0.1) is 6.92 Å². The summed E-state index contributed by atoms with van der Waals surface area (Å²) in [5, 5.41) is 15.5. The maximum Gasteiger partial charge on any atom is 0.276 e. The van der Waals surface area contributed by atoms with Gasteiger partial charge < -0.3 is 9.88 Å². The van der Waals surface area contributed by atoms with E-state index in [-0.39, 0.29) is 5.91 Å². The van der Waals surface area contributed by atoms with Gasteiger partial charge in [0.15, 0.2) is 11.5 Å². The summed E-state index contributed by atoms with van der Waals surface area (Å²) < 4.78 is 3.66. The SMILES string of the molecule is Cc1nnc(-c2cccc(NC(=O)c3cc(C(C)C)n(C)n3)c2)n1C. The molecule has 25 heavy (non-hydrogen) atoms. The summed E-state index contributed by atoms with van der Waals surface area (Å²) in [5.41, 5.74) is 3.02. The predicted octanol–water partition coefficient (Wildman–Crippen LogP) is 2.90. The number of amides is 1. The second kappa shape index (κ2) is 6.51. The molecule has 2 aromatic heterocycles. The molecule has 7 nitrogen and oxygen atoms in total. The predicted molar refractivity (Wildman–Crippen MR) is 96.4 cm³/mol. The highest BCUT2D eigenvalue weighted by Crippen LogP contribution is 2.22. The van der Waals surface area contributed by atoms with Gasteiger partial charge in [-0.1, -0.05) is 26.0 Å². The van der Waals surface area contributed by atoms with Gasteiger partial charge in [-0.15, -0.1) is 10.2 Å². The minimum Gasteiger partial charge on any atom is -0.321 e. The number of benzene rings is 1. The zero-order valence-electron chi connectivity index (χ0n) is 15.1. The monoisotopic (exact) mass is 338 g/mol. The van der Waals surface area contributed by atoms with E-state index in [1.807, 2.05) is 55.9 Å². The second-order valence-electron chi connectivity index (χ2n) is 6.40. The lowest BCUT2D eigenvalue weighted by atomic mass is 10.1. The van der Waals surface area contributed by atoms with Crippen LogP contribution in [-0.2, 0) is 14.1 Å². The molecule has 0 aliphatic rings. The van der Waals surface area contributed by atoms with Crippen LogP contribution in [0.1, 0.15) is 41.8 Å². The molecule has 0 atom stereocenters. The van der Waals surface area contributed by atoms with Gasteiger partial charge in [0.1, 0.15) is 5.82 Å². The van der Waals surface area contributed by atoms with Crippen LogP contribution in [0.15, 0.2) is 30.3 Å². The van der Waals surface area contributed by atoms with Gasteiger partial charge in [0.05, 0.1) is 0 Å². The Morgan fingerprint density at radius 1 is 1.16 bits per heavy atom. The Kier molecular flexibility index (Phi) is 4.39. The fraction of sp³-hybridized carbons (Fsp3) is 0.333. The van der Waals surface area contributed by atoms with Gasteiger partial charge in [0, 0.05) is 31.0 Å². The summed E-state index contributed by atoms with van der Waals surface area (Å²) in [6.45, 7) is 6.05. The van der Waals surface area contributed by atoms with Crippen LogP contribution < -0.4 is 5.32 Å². The van der Waals surface area contributed by atoms with Gasteiger partial charge >= 0.3 is 0 Å². The van der Waals surface area contributed by atoms with Crippen LogP contribution in [0.2, 0.25) is 0 Å². The van der Waals surface area contributed by atoms with Crippen molar-refractivity contribution in [3.8, 4) is 11.4 Å². The molecule has 7 heteroatoms. The molecule has 3 rings (SSSR count). The molecule has 0 spiro atoms. The quantitative estimate of drug-likeness (QED) is 0.793. The van der Waals surface area contributed by atoms with Crippen LogP contribution in [0.4, 0.5) is 5.69 Å². The van der Waals surface area contributed by atoms with Crippen molar-refractivity contribution in [1.29, 1.82) is 0 Å². The van der Waals surface area contributed by atoms with Gasteiger partial charge in [-0.25, -0.2) is 0 Å². The fourth-order valence-corrected chi connectivity index (χ4v) is 2.72. The molecule has 0 aliphatic carbocycles. The number of aromatic nitrogens is 5. The van der Waals surface area contributed by atoms with E-state index < -0.39 is 0 Å². The molecule has 1 aromatic carbocycles. The van der Waals surface area contributed by atoms with E-state index in [2.05, 4.69) is 34.5 Å². The summed E-state index contributed by atoms with van der Waals surface area (Å²) >= 11 is 0. The second-order valence-corrected chi connectivity index (χ2v) is 6.40. The maximum atomic E-state index is 12.5. The largest absolute Gasteiger partial charge is 0.321 e. The smallest absolute Gasteiger partial charge is 0.276 e. The number of nitrogens with one attached hydrogen (secondary N) is 1. The zero-order chi connectivity index (χ0) is 18.1. The van der Waals surface area contributed by atoms with Crippen molar-refractivity contribution in [2.45, 2.75) is 26.7 Å². The molecule has 1 N–H and O–H groups in total. The molecule has 0 fully saturated rings. The molecule has 0 radical (unpaired) electrons. The number of carbonyl (C=O) groups is 1. The van der Waals surface area contributed by atoms with E-state index in [1.165, 1.54) is 0 Å². The minimum atomic E-state index is -0.228. The maximum absolute atomic E-state index is 12.5. The summed E-state index contributed by atoms with van der Waals surface area (Å²) in [5.74, 6) is 1.67. The minimum absolute atomic E-state index is 0.228. The Balaban J connectivity index is 1.84. The summed E-state index contributed by atoms with van der Waals surface area (Å²) in [6.07, 6.45) is 0. The Morgan fingerprint density at radius 2 is 1.92 bits per heavy atom. The summed E-state index contributed by atoms with van der Waals surface area (Å²) in [4.78, 5) is 12.5. The number of aryl methyl sites for hydroxylation is 2. The molecule has 0 saturated heterocycles. The van der Waals surface area contributed by atoms with Crippen molar-refractivity contribution < 1.29 is 4.79 Å². The van der Waals surface area contributed by atoms with Crippen molar-refractivity contribution in [1.82, 2.24) is 24.5 Å². The third-order valence-corrected chi connectivity index (χ3v) is 4.21. The van der Waals surface area contributed by atoms with E-state index >= 15 is 0 Å². The Bertz CT molecular complexity index is 922. The molecule has 130 valence electrons. The van der Waals surface area contributed by atoms with Gasteiger partial charge in [0.2, 0.25) is 0 Å². The zero-order valence-corrected chi connectivity index (χ0v) is 15.1. The lowest BCUT2D eigenvalue weighted by molar-refractivity contribution is 0.102. The lowest BCUT2D eigenvalue weighted by Gasteiger charge is -2.06. The average molecular weight is 338 g/mol. The van der Waals surface area contributed by atoms with Crippen molar-refractivity contribution >= 4 is 11.6 Å². The first-order chi connectivity index (χ1) is 11.9. The van der Waals surface area contributed by atoms with Crippen LogP contribution in [0.3, 0.4) is 0 Å². The summed E-state index contributed by atoms with van der Waals surface area (Å²) in [6, 6.07) is 9.38. The number of carbonyl (C=O) groups excluding carboxylic acids is 1. The Hall–Kier alpha value is -2.96. The third kappa shape index (κ3) is 3.31. The van der Waals surface area contributed by atoms with E-state index in [4.69, 9.17) is 0 Å². The van der Waals surface area contributed by atoms with E-state index in [1.54, 1.807) is 4.68 Å². The number of hydrogen-bond acceptors (Lipinski definition) is 4. The van der Waals surface area contributed by atoms with Crippen LogP contribution >= 0.6 is 0 Å². The Labute approximate surface area is 146 Å². The fourth-order valence-electron chi connectivity index (χ4n) is 2.72. The summed E-state index contributed by atoms with van der Waals surface area (Å²) in [7, 11) is 3.76. The number of hydrogen-bond donors (Lipinski definition) is 1. The van der Waals surface area contributed by atoms with Crippen molar-refractivity contribution in [3.05, 3.63) is 47.5 Å². The van der Waals surface area contributed by atoms with Crippen molar-refractivity contribution in [2.75, 3.05) is 5.32 Å². The topological polar surface area (TPSA) is 77.6 Å². The molecule has 3 aromatic rings. The number of rotatable bonds is 4. The van der Waals surface area contributed by atoms with Crippen LogP contribution in [0.5, 0.6) is 0 Å². The Morgan fingerprint density at radius 3 is 2.52 bits per heavy atom. The van der Waals surface area contributed by atoms with E-state index in [0.29, 0.717) is 17.3 Å². The highest BCUT2D eigenvalue weighted by Gasteiger charge is 2.15. The van der Waals surface area contributed by atoms with Gasteiger partial charge in [0.25, 0.3) is 5.91 Å². The number of nitrogens with zero attached hydrogens (tertiary/aromatic N) is 5. The van der Waals surface area contributed by atoms with Crippen molar-refractivity contribution in [3.63, 3.8) is 0 Å². The van der Waals surface area contributed by atoms with Gasteiger partial charge in [-0.3, -0.25) is 9.48 Å². The standard InChI is InChI=1S/C18H22N6O/c1-11(2)16-10-15(22-24(16)5)18(25)19-14-8-6-7-13(9-14)17-21-20-12(3)23(17)4/h6-11H,1-5H3,(H,19,25). The van der Waals surface area contributed by atoms with Crippen LogP contribution in [-0.4, -0.2) is 30.5 Å². The number of anilines is 1. The third-order valence-electron chi connectivity index (χ3n) is 4.21. The molecular weight excluding hydrogens is 316 g/mol. The highest BCUT2D eigenvalue weighted by atomic mass is 16.1. The van der Waals surface area contributed by atoms with Crippen LogP contribution in [0.25, 0.3) is 11.4 Å². The van der Waals surface area contributed by atoms with E-state index in [0.717, 1.165) is 22.9 Å². The van der Waals surface area contributed by atoms with Gasteiger partial charge in [-0.05, 0) is 31.0 Å². The first-order valence-corrected chi connectivity index (χ1v) is 8.18. The first kappa shape index (κ1) is 16.9. The molecule has 1 amide bonds. The molecule has 2 heterocycles. The molecule has 0 aliphatic heterocycles. The molecule has 0 unspecified atom stereocenters. The average Bonchev–Trinajstić information content (AvgIpc) is 3.11. The van der Waals surface area contributed by atoms with E-state index in [9.17, 15) is 4.79 Å². The van der Waals surface area contributed by atoms with Gasteiger partial charge in [-0.2, -0.15) is 5.10 Å².